The summed E-state index contributed by atoms with van der Waals surface area (Å²) in [6.07, 6.45) is 2.28. The molecule has 27 heavy (non-hydrogen) atoms. The number of carbonyl (C=O) groups is 1. The third-order valence-corrected chi connectivity index (χ3v) is 5.23. The normalized spacial score (nSPS) is 14.9. The fourth-order valence-corrected chi connectivity index (χ4v) is 3.62. The molecule has 1 aliphatic carbocycles. The molecule has 0 radical (unpaired) electrons. The molecule has 1 fully saturated rings. The number of hydrogen-bond acceptors (Lipinski definition) is 3. The Labute approximate surface area is 158 Å². The number of hydrogen-bond donors (Lipinski definition) is 1. The maximum Gasteiger partial charge on any atom is 0.272 e. The number of nitrogens with one attached hydrogen (secondary N) is 1. The van der Waals surface area contributed by atoms with Gasteiger partial charge in [-0.25, -0.2) is 4.98 Å². The van der Waals surface area contributed by atoms with Crippen molar-refractivity contribution in [3.63, 3.8) is 0 Å². The molecule has 1 aromatic heterocycles. The molecule has 1 atom stereocenters. The van der Waals surface area contributed by atoms with E-state index in [0.717, 1.165) is 23.9 Å². The summed E-state index contributed by atoms with van der Waals surface area (Å²) < 4.78 is 1.69. The van der Waals surface area contributed by atoms with Crippen molar-refractivity contribution in [1.29, 1.82) is 0 Å². The van der Waals surface area contributed by atoms with Gasteiger partial charge in [0.15, 0.2) is 0 Å². The largest absolute Gasteiger partial charge is 0.345 e. The Bertz CT molecular complexity index is 1050. The monoisotopic (exact) mass is 361 g/mol. The first-order valence-corrected chi connectivity index (χ1v) is 9.45. The number of carbonyl (C=O) groups excluding carboxylic acids is 1. The fraction of sp³-hybridized carbons (Fsp3) is 0.318. The Morgan fingerprint density at radius 1 is 1.22 bits per heavy atom. The van der Waals surface area contributed by atoms with Crippen LogP contribution in [0.3, 0.4) is 0 Å². The molecule has 3 aromatic rings. The second-order valence-electron chi connectivity index (χ2n) is 7.15. The van der Waals surface area contributed by atoms with E-state index in [1.54, 1.807) is 23.6 Å². The first-order chi connectivity index (χ1) is 13.1. The molecule has 1 saturated carbocycles. The molecule has 5 heteroatoms. The minimum atomic E-state index is -0.105. The first-order valence-electron chi connectivity index (χ1n) is 9.45. The van der Waals surface area contributed by atoms with E-state index < -0.39 is 0 Å². The zero-order valence-electron chi connectivity index (χ0n) is 15.6. The first kappa shape index (κ1) is 17.5. The molecule has 1 N–H and O–H groups in total. The molecule has 0 spiro atoms. The van der Waals surface area contributed by atoms with Gasteiger partial charge in [0.2, 0.25) is 0 Å². The van der Waals surface area contributed by atoms with Crippen LogP contribution < -0.4 is 10.9 Å². The molecule has 0 aliphatic heterocycles. The van der Waals surface area contributed by atoms with Gasteiger partial charge in [0.1, 0.15) is 5.69 Å². The third kappa shape index (κ3) is 3.37. The van der Waals surface area contributed by atoms with Crippen LogP contribution in [0.5, 0.6) is 0 Å². The number of amides is 1. The summed E-state index contributed by atoms with van der Waals surface area (Å²) in [4.78, 5) is 29.5. The summed E-state index contributed by atoms with van der Waals surface area (Å²) in [7, 11) is 0. The van der Waals surface area contributed by atoms with Gasteiger partial charge in [0, 0.05) is 12.1 Å². The summed E-state index contributed by atoms with van der Waals surface area (Å²) in [5, 5.41) is 3.20. The number of rotatable bonds is 5. The molecule has 0 bridgehead atoms. The van der Waals surface area contributed by atoms with Crippen LogP contribution in [-0.2, 0) is 6.54 Å². The highest BCUT2D eigenvalue weighted by molar-refractivity contribution is 5.97. The second-order valence-corrected chi connectivity index (χ2v) is 7.15. The zero-order valence-corrected chi connectivity index (χ0v) is 15.6. The Morgan fingerprint density at radius 3 is 2.63 bits per heavy atom. The lowest BCUT2D eigenvalue weighted by molar-refractivity contribution is 0.0932. The Kier molecular flexibility index (Phi) is 4.52. The van der Waals surface area contributed by atoms with E-state index in [-0.39, 0.29) is 17.5 Å². The van der Waals surface area contributed by atoms with Crippen LogP contribution in [-0.4, -0.2) is 15.5 Å². The van der Waals surface area contributed by atoms with Gasteiger partial charge >= 0.3 is 0 Å². The van der Waals surface area contributed by atoms with Crippen molar-refractivity contribution in [2.24, 2.45) is 5.92 Å². The van der Waals surface area contributed by atoms with Crippen LogP contribution in [0.25, 0.3) is 11.0 Å². The van der Waals surface area contributed by atoms with E-state index in [1.165, 1.54) is 0 Å². The molecule has 0 saturated heterocycles. The van der Waals surface area contributed by atoms with Gasteiger partial charge in [-0.1, -0.05) is 30.3 Å². The number of benzene rings is 2. The number of fused-ring (bicyclic) bond motifs is 1. The van der Waals surface area contributed by atoms with Crippen LogP contribution in [0.2, 0.25) is 0 Å². The van der Waals surface area contributed by atoms with Crippen molar-refractivity contribution < 1.29 is 4.79 Å². The molecular weight excluding hydrogens is 338 g/mol. The van der Waals surface area contributed by atoms with E-state index in [9.17, 15) is 9.59 Å². The highest BCUT2D eigenvalue weighted by atomic mass is 16.1. The van der Waals surface area contributed by atoms with Crippen molar-refractivity contribution in [1.82, 2.24) is 14.9 Å². The molecule has 2 aromatic carbocycles. The van der Waals surface area contributed by atoms with Gasteiger partial charge in [-0.15, -0.1) is 0 Å². The zero-order chi connectivity index (χ0) is 19.0. The Morgan fingerprint density at radius 2 is 1.96 bits per heavy atom. The summed E-state index contributed by atoms with van der Waals surface area (Å²) >= 11 is 0. The minimum Gasteiger partial charge on any atom is -0.345 e. The van der Waals surface area contributed by atoms with Crippen molar-refractivity contribution in [2.45, 2.75) is 39.3 Å². The Balaban J connectivity index is 1.66. The van der Waals surface area contributed by atoms with Gasteiger partial charge in [-0.3, -0.25) is 9.59 Å². The van der Waals surface area contributed by atoms with Gasteiger partial charge < -0.3 is 9.88 Å². The van der Waals surface area contributed by atoms with Crippen LogP contribution in [0.15, 0.2) is 53.3 Å². The Hall–Kier alpha value is -2.95. The molecule has 138 valence electrons. The summed E-state index contributed by atoms with van der Waals surface area (Å²) in [5.41, 5.74) is 3.50. The van der Waals surface area contributed by atoms with Crippen LogP contribution >= 0.6 is 0 Å². The van der Waals surface area contributed by atoms with Gasteiger partial charge in [-0.2, -0.15) is 0 Å². The number of nitrogens with zero attached hydrogens (tertiary/aromatic N) is 2. The van der Waals surface area contributed by atoms with E-state index in [4.69, 9.17) is 0 Å². The van der Waals surface area contributed by atoms with E-state index in [0.29, 0.717) is 29.2 Å². The van der Waals surface area contributed by atoms with Crippen LogP contribution in [0, 0.1) is 12.8 Å². The molecule has 1 heterocycles. The van der Waals surface area contributed by atoms with Crippen molar-refractivity contribution in [3.8, 4) is 0 Å². The van der Waals surface area contributed by atoms with E-state index in [1.807, 2.05) is 31.2 Å². The average Bonchev–Trinajstić information content (AvgIpc) is 3.52. The van der Waals surface area contributed by atoms with Crippen molar-refractivity contribution >= 4 is 16.9 Å². The smallest absolute Gasteiger partial charge is 0.272 e. The molecule has 1 aliphatic rings. The minimum absolute atomic E-state index is 0.0358. The fourth-order valence-electron chi connectivity index (χ4n) is 3.62. The lowest BCUT2D eigenvalue weighted by atomic mass is 10.0. The standard InChI is InChI=1S/C22H23N3O2/c1-3-25-19-12-11-17(13-18(19)23-14(2)22(25)27)21(26)24-20(16-9-10-16)15-7-5-4-6-8-15/h4-8,11-13,16,20H,3,9-10H2,1-2H3,(H,24,26). The predicted octanol–water partition coefficient (Wildman–Crippen LogP) is 3.61. The maximum absolute atomic E-state index is 12.9. The second kappa shape index (κ2) is 6.99. The molecule has 1 unspecified atom stereocenters. The van der Waals surface area contributed by atoms with E-state index >= 15 is 0 Å². The SMILES string of the molecule is CCn1c(=O)c(C)nc2cc(C(=O)NC(c3ccccc3)C3CC3)ccc21. The van der Waals surface area contributed by atoms with Crippen molar-refractivity contribution in [3.05, 3.63) is 75.7 Å². The lowest BCUT2D eigenvalue weighted by Crippen LogP contribution is -2.30. The molecule has 4 rings (SSSR count). The number of aromatic nitrogens is 2. The van der Waals surface area contributed by atoms with Gasteiger partial charge in [0.05, 0.1) is 17.1 Å². The van der Waals surface area contributed by atoms with Gasteiger partial charge in [-0.05, 0) is 56.4 Å². The van der Waals surface area contributed by atoms with Crippen LogP contribution in [0.4, 0.5) is 0 Å². The number of aryl methyl sites for hydroxylation is 2. The highest BCUT2D eigenvalue weighted by Gasteiger charge is 2.33. The van der Waals surface area contributed by atoms with Crippen molar-refractivity contribution in [2.75, 3.05) is 0 Å². The summed E-state index contributed by atoms with van der Waals surface area (Å²) in [6, 6.07) is 15.5. The predicted molar refractivity (Wildman–Crippen MR) is 106 cm³/mol. The third-order valence-electron chi connectivity index (χ3n) is 5.23. The quantitative estimate of drug-likeness (QED) is 0.755. The van der Waals surface area contributed by atoms with Gasteiger partial charge in [0.25, 0.3) is 11.5 Å². The molecular formula is C22H23N3O2. The maximum atomic E-state index is 12.9. The molecule has 1 amide bonds. The summed E-state index contributed by atoms with van der Waals surface area (Å²) in [5.74, 6) is 0.397. The van der Waals surface area contributed by atoms with E-state index in [2.05, 4.69) is 22.4 Å². The average molecular weight is 361 g/mol. The highest BCUT2D eigenvalue weighted by Crippen LogP contribution is 2.41. The summed E-state index contributed by atoms with van der Waals surface area (Å²) in [6.45, 7) is 4.21. The topological polar surface area (TPSA) is 64.0 Å². The van der Waals surface area contributed by atoms with Crippen LogP contribution in [0.1, 0.15) is 47.4 Å². The lowest BCUT2D eigenvalue weighted by Gasteiger charge is -2.19. The molecule has 5 nitrogen and oxygen atoms in total.